The van der Waals surface area contributed by atoms with E-state index in [1.165, 1.54) is 7.11 Å². The van der Waals surface area contributed by atoms with E-state index in [2.05, 4.69) is 26.0 Å². The van der Waals surface area contributed by atoms with Crippen LogP contribution < -0.4 is 5.32 Å². The quantitative estimate of drug-likeness (QED) is 0.860. The van der Waals surface area contributed by atoms with Crippen molar-refractivity contribution in [1.29, 1.82) is 0 Å². The number of aryl methyl sites for hydroxylation is 1. The van der Waals surface area contributed by atoms with Crippen molar-refractivity contribution in [3.63, 3.8) is 0 Å². The van der Waals surface area contributed by atoms with Gasteiger partial charge in [-0.2, -0.15) is 0 Å². The molecule has 0 saturated carbocycles. The maximum atomic E-state index is 11.2. The number of halogens is 1. The molecule has 0 fully saturated rings. The Labute approximate surface area is 97.9 Å². The summed E-state index contributed by atoms with van der Waals surface area (Å²) in [5, 5.41) is 3.08. The molecule has 0 saturated heterocycles. The number of methoxy groups -OCH3 is 1. The van der Waals surface area contributed by atoms with Gasteiger partial charge in [0, 0.05) is 10.2 Å². The van der Waals surface area contributed by atoms with Crippen LogP contribution in [0.5, 0.6) is 0 Å². The van der Waals surface area contributed by atoms with Crippen LogP contribution in [0.15, 0.2) is 22.7 Å². The van der Waals surface area contributed by atoms with Crippen molar-refractivity contribution < 1.29 is 9.53 Å². The Kier molecular flexibility index (Phi) is 4.15. The Morgan fingerprint density at radius 1 is 1.53 bits per heavy atom. The molecule has 0 aliphatic heterocycles. The number of carbonyl (C=O) groups is 1. The van der Waals surface area contributed by atoms with Crippen LogP contribution >= 0.6 is 15.9 Å². The van der Waals surface area contributed by atoms with Crippen LogP contribution in [0, 0.1) is 6.92 Å². The summed E-state index contributed by atoms with van der Waals surface area (Å²) in [6.07, 6.45) is 0. The Morgan fingerprint density at radius 3 is 2.80 bits per heavy atom. The lowest BCUT2D eigenvalue weighted by atomic mass is 10.2. The topological polar surface area (TPSA) is 38.3 Å². The average Bonchev–Trinajstić information content (AvgIpc) is 2.22. The van der Waals surface area contributed by atoms with Crippen molar-refractivity contribution in [2.24, 2.45) is 0 Å². The second-order valence-electron chi connectivity index (χ2n) is 3.37. The van der Waals surface area contributed by atoms with Gasteiger partial charge in [-0.25, -0.2) is 4.79 Å². The molecular weight excluding hydrogens is 258 g/mol. The van der Waals surface area contributed by atoms with Crippen molar-refractivity contribution in [1.82, 2.24) is 0 Å². The van der Waals surface area contributed by atoms with Crippen molar-refractivity contribution >= 4 is 27.6 Å². The molecule has 1 aromatic rings. The molecule has 1 N–H and O–H groups in total. The summed E-state index contributed by atoms with van der Waals surface area (Å²) in [7, 11) is 1.38. The van der Waals surface area contributed by atoms with E-state index < -0.39 is 0 Å². The molecule has 15 heavy (non-hydrogen) atoms. The fourth-order valence-electron chi connectivity index (χ4n) is 1.22. The molecule has 0 aromatic heterocycles. The van der Waals surface area contributed by atoms with E-state index in [1.807, 2.05) is 25.1 Å². The Bertz CT molecular complexity index is 366. The lowest BCUT2D eigenvalue weighted by molar-refractivity contribution is -0.141. The summed E-state index contributed by atoms with van der Waals surface area (Å²) in [5.41, 5.74) is 2.03. The molecule has 3 nitrogen and oxygen atoms in total. The molecule has 4 heteroatoms. The van der Waals surface area contributed by atoms with E-state index in [4.69, 9.17) is 0 Å². The van der Waals surface area contributed by atoms with Crippen molar-refractivity contribution in [3.8, 4) is 0 Å². The first-order valence-corrected chi connectivity index (χ1v) is 5.44. The fraction of sp³-hybridized carbons (Fsp3) is 0.364. The summed E-state index contributed by atoms with van der Waals surface area (Å²) < 4.78 is 5.57. The summed E-state index contributed by atoms with van der Waals surface area (Å²) in [5.74, 6) is -0.275. The third-order valence-electron chi connectivity index (χ3n) is 2.05. The maximum absolute atomic E-state index is 11.2. The zero-order valence-corrected chi connectivity index (χ0v) is 10.6. The van der Waals surface area contributed by atoms with Gasteiger partial charge in [0.2, 0.25) is 0 Å². The zero-order valence-electron chi connectivity index (χ0n) is 9.00. The number of hydrogen-bond acceptors (Lipinski definition) is 3. The van der Waals surface area contributed by atoms with Gasteiger partial charge in [-0.15, -0.1) is 0 Å². The summed E-state index contributed by atoms with van der Waals surface area (Å²) in [4.78, 5) is 11.2. The number of anilines is 1. The monoisotopic (exact) mass is 271 g/mol. The molecule has 0 bridgehead atoms. The second kappa shape index (κ2) is 5.16. The highest BCUT2D eigenvalue weighted by atomic mass is 79.9. The molecule has 1 unspecified atom stereocenters. The second-order valence-corrected chi connectivity index (χ2v) is 4.23. The predicted molar refractivity (Wildman–Crippen MR) is 64.0 cm³/mol. The number of esters is 1. The molecule has 0 radical (unpaired) electrons. The first kappa shape index (κ1) is 12.0. The first-order chi connectivity index (χ1) is 7.04. The predicted octanol–water partition coefficient (Wildman–Crippen LogP) is 2.73. The van der Waals surface area contributed by atoms with Gasteiger partial charge in [-0.3, -0.25) is 0 Å². The molecule has 0 aliphatic rings. The van der Waals surface area contributed by atoms with Crippen LogP contribution in [0.25, 0.3) is 0 Å². The van der Waals surface area contributed by atoms with E-state index in [-0.39, 0.29) is 12.0 Å². The summed E-state index contributed by atoms with van der Waals surface area (Å²) in [6, 6.07) is 5.57. The molecule has 1 aromatic carbocycles. The molecule has 1 rings (SSSR count). The van der Waals surface area contributed by atoms with Gasteiger partial charge < -0.3 is 10.1 Å². The number of carbonyl (C=O) groups excluding carboxylic acids is 1. The number of ether oxygens (including phenoxy) is 1. The van der Waals surface area contributed by atoms with Crippen molar-refractivity contribution in [3.05, 3.63) is 28.2 Å². The highest BCUT2D eigenvalue weighted by molar-refractivity contribution is 9.10. The number of nitrogens with one attached hydrogen (secondary N) is 1. The Hall–Kier alpha value is -1.03. The minimum atomic E-state index is -0.354. The molecule has 0 amide bonds. The van der Waals surface area contributed by atoms with Crippen LogP contribution in [-0.4, -0.2) is 19.1 Å². The molecular formula is C11H14BrNO2. The van der Waals surface area contributed by atoms with Crippen LogP contribution in [-0.2, 0) is 9.53 Å². The van der Waals surface area contributed by atoms with Crippen LogP contribution in [0.2, 0.25) is 0 Å². The van der Waals surface area contributed by atoms with Gasteiger partial charge in [-0.05, 0) is 47.5 Å². The zero-order chi connectivity index (χ0) is 11.4. The molecule has 82 valence electrons. The van der Waals surface area contributed by atoms with E-state index >= 15 is 0 Å². The van der Waals surface area contributed by atoms with E-state index in [0.717, 1.165) is 15.7 Å². The number of hydrogen-bond donors (Lipinski definition) is 1. The van der Waals surface area contributed by atoms with E-state index in [0.29, 0.717) is 0 Å². The highest BCUT2D eigenvalue weighted by Crippen LogP contribution is 2.24. The molecule has 0 aliphatic carbocycles. The third-order valence-corrected chi connectivity index (χ3v) is 2.74. The smallest absolute Gasteiger partial charge is 0.327 e. The Balaban J connectivity index is 2.80. The van der Waals surface area contributed by atoms with Gasteiger partial charge in [0.1, 0.15) is 6.04 Å². The highest BCUT2D eigenvalue weighted by Gasteiger charge is 2.13. The van der Waals surface area contributed by atoms with Crippen molar-refractivity contribution in [2.75, 3.05) is 12.4 Å². The number of benzene rings is 1. The third kappa shape index (κ3) is 3.23. The molecule has 1 atom stereocenters. The Morgan fingerprint density at radius 2 is 2.20 bits per heavy atom. The first-order valence-electron chi connectivity index (χ1n) is 4.65. The van der Waals surface area contributed by atoms with Gasteiger partial charge >= 0.3 is 5.97 Å². The van der Waals surface area contributed by atoms with Crippen molar-refractivity contribution in [2.45, 2.75) is 19.9 Å². The molecule has 0 heterocycles. The van der Waals surface area contributed by atoms with Gasteiger partial charge in [-0.1, -0.05) is 6.07 Å². The SMILES string of the molecule is COC(=O)C(C)Nc1cc(C)ccc1Br. The number of rotatable bonds is 3. The lowest BCUT2D eigenvalue weighted by Gasteiger charge is -2.14. The summed E-state index contributed by atoms with van der Waals surface area (Å²) in [6.45, 7) is 3.76. The van der Waals surface area contributed by atoms with Gasteiger partial charge in [0.15, 0.2) is 0 Å². The largest absolute Gasteiger partial charge is 0.467 e. The van der Waals surface area contributed by atoms with Crippen LogP contribution in [0.1, 0.15) is 12.5 Å². The lowest BCUT2D eigenvalue weighted by Crippen LogP contribution is -2.27. The van der Waals surface area contributed by atoms with Crippen LogP contribution in [0.3, 0.4) is 0 Å². The minimum absolute atomic E-state index is 0.275. The maximum Gasteiger partial charge on any atom is 0.327 e. The minimum Gasteiger partial charge on any atom is -0.467 e. The van der Waals surface area contributed by atoms with E-state index in [1.54, 1.807) is 6.92 Å². The normalized spacial score (nSPS) is 12.0. The van der Waals surface area contributed by atoms with Gasteiger partial charge in [0.05, 0.1) is 7.11 Å². The van der Waals surface area contributed by atoms with Gasteiger partial charge in [0.25, 0.3) is 0 Å². The molecule has 0 spiro atoms. The fourth-order valence-corrected chi connectivity index (χ4v) is 1.58. The summed E-state index contributed by atoms with van der Waals surface area (Å²) >= 11 is 3.42. The van der Waals surface area contributed by atoms with Crippen LogP contribution in [0.4, 0.5) is 5.69 Å². The standard InChI is InChI=1S/C11H14BrNO2/c1-7-4-5-9(12)10(6-7)13-8(2)11(14)15-3/h4-6,8,13H,1-3H3. The average molecular weight is 272 g/mol. The van der Waals surface area contributed by atoms with E-state index in [9.17, 15) is 4.79 Å².